The van der Waals surface area contributed by atoms with Crippen LogP contribution in [0, 0.1) is 0 Å². The van der Waals surface area contributed by atoms with Gasteiger partial charge in [-0.05, 0) is 54.0 Å². The highest BCUT2D eigenvalue weighted by Gasteiger charge is 2.15. The van der Waals surface area contributed by atoms with Gasteiger partial charge in [0.05, 0.1) is 5.02 Å². The summed E-state index contributed by atoms with van der Waals surface area (Å²) in [6, 6.07) is 13.1. The molecule has 0 radical (unpaired) electrons. The second kappa shape index (κ2) is 7.90. The third-order valence-electron chi connectivity index (χ3n) is 4.24. The highest BCUT2D eigenvalue weighted by molar-refractivity contribution is 9.08. The SMILES string of the molecule is Clc1ccc2c(c1SCc1ccc(CBr)cc1)CCCCC2. The van der Waals surface area contributed by atoms with Crippen LogP contribution >= 0.6 is 39.3 Å². The van der Waals surface area contributed by atoms with E-state index < -0.39 is 0 Å². The molecule has 0 saturated carbocycles. The topological polar surface area (TPSA) is 0 Å². The zero-order valence-corrected chi connectivity index (χ0v) is 15.7. The Labute approximate surface area is 150 Å². The average molecular weight is 396 g/mol. The molecule has 3 rings (SSSR count). The fourth-order valence-electron chi connectivity index (χ4n) is 2.98. The summed E-state index contributed by atoms with van der Waals surface area (Å²) in [6.07, 6.45) is 6.33. The van der Waals surface area contributed by atoms with Gasteiger partial charge in [-0.15, -0.1) is 11.8 Å². The summed E-state index contributed by atoms with van der Waals surface area (Å²) >= 11 is 11.9. The van der Waals surface area contributed by atoms with Crippen molar-refractivity contribution in [3.05, 3.63) is 63.7 Å². The Morgan fingerprint density at radius 2 is 1.64 bits per heavy atom. The number of aryl methyl sites for hydroxylation is 1. The largest absolute Gasteiger partial charge is 0.120 e. The van der Waals surface area contributed by atoms with E-state index in [4.69, 9.17) is 11.6 Å². The van der Waals surface area contributed by atoms with Crippen LogP contribution in [0.4, 0.5) is 0 Å². The molecule has 1 aliphatic carbocycles. The van der Waals surface area contributed by atoms with Gasteiger partial charge in [-0.1, -0.05) is 64.3 Å². The Morgan fingerprint density at radius 1 is 0.909 bits per heavy atom. The average Bonchev–Trinajstić information content (AvgIpc) is 2.80. The quantitative estimate of drug-likeness (QED) is 0.312. The molecule has 0 heterocycles. The molecule has 0 atom stereocenters. The van der Waals surface area contributed by atoms with Crippen molar-refractivity contribution in [2.75, 3.05) is 0 Å². The second-order valence-corrected chi connectivity index (χ2v) is 7.77. The molecule has 0 bridgehead atoms. The van der Waals surface area contributed by atoms with Crippen LogP contribution in [0.5, 0.6) is 0 Å². The summed E-state index contributed by atoms with van der Waals surface area (Å²) in [6.45, 7) is 0. The standard InChI is InChI=1S/C19H20BrClS/c20-12-14-6-8-15(9-7-14)13-22-19-17-5-3-1-2-4-16(17)10-11-18(19)21/h6-11H,1-5,12-13H2. The maximum absolute atomic E-state index is 6.50. The first kappa shape index (κ1) is 16.4. The van der Waals surface area contributed by atoms with E-state index in [1.165, 1.54) is 59.3 Å². The molecule has 3 heteroatoms. The van der Waals surface area contributed by atoms with E-state index in [9.17, 15) is 0 Å². The van der Waals surface area contributed by atoms with E-state index in [2.05, 4.69) is 52.3 Å². The minimum absolute atomic E-state index is 0.915. The number of fused-ring (bicyclic) bond motifs is 1. The molecule has 0 spiro atoms. The lowest BCUT2D eigenvalue weighted by molar-refractivity contribution is 0.710. The van der Waals surface area contributed by atoms with Gasteiger partial charge in [-0.25, -0.2) is 0 Å². The molecule has 0 amide bonds. The lowest BCUT2D eigenvalue weighted by Gasteiger charge is -2.14. The lowest BCUT2D eigenvalue weighted by Crippen LogP contribution is -1.95. The molecule has 0 N–H and O–H groups in total. The van der Waals surface area contributed by atoms with E-state index in [1.807, 2.05) is 11.8 Å². The Morgan fingerprint density at radius 3 is 2.41 bits per heavy atom. The molecule has 0 nitrogen and oxygen atoms in total. The van der Waals surface area contributed by atoms with Crippen molar-refractivity contribution in [2.45, 2.75) is 48.1 Å². The number of rotatable bonds is 4. The van der Waals surface area contributed by atoms with Crippen molar-refractivity contribution in [3.8, 4) is 0 Å². The molecule has 2 aromatic carbocycles. The fourth-order valence-corrected chi connectivity index (χ4v) is 4.81. The van der Waals surface area contributed by atoms with Crippen LogP contribution in [0.25, 0.3) is 0 Å². The first-order valence-corrected chi connectivity index (χ1v) is 10.3. The molecular weight excluding hydrogens is 376 g/mol. The number of benzene rings is 2. The number of halogens is 2. The number of thioether (sulfide) groups is 1. The normalized spacial score (nSPS) is 14.5. The smallest absolute Gasteiger partial charge is 0.0544 e. The molecule has 0 unspecified atom stereocenters. The van der Waals surface area contributed by atoms with Crippen LogP contribution in [-0.4, -0.2) is 0 Å². The molecule has 0 saturated heterocycles. The van der Waals surface area contributed by atoms with Gasteiger partial charge in [0.2, 0.25) is 0 Å². The fraction of sp³-hybridized carbons (Fsp3) is 0.368. The monoisotopic (exact) mass is 394 g/mol. The summed E-state index contributed by atoms with van der Waals surface area (Å²) in [7, 11) is 0. The van der Waals surface area contributed by atoms with Crippen molar-refractivity contribution in [3.63, 3.8) is 0 Å². The van der Waals surface area contributed by atoms with Crippen LogP contribution in [0.1, 0.15) is 41.5 Å². The van der Waals surface area contributed by atoms with Gasteiger partial charge in [0, 0.05) is 16.0 Å². The molecule has 2 aromatic rings. The van der Waals surface area contributed by atoms with Gasteiger partial charge in [0.1, 0.15) is 0 Å². The van der Waals surface area contributed by atoms with Gasteiger partial charge in [0.15, 0.2) is 0 Å². The Kier molecular flexibility index (Phi) is 5.89. The van der Waals surface area contributed by atoms with Gasteiger partial charge < -0.3 is 0 Å². The summed E-state index contributed by atoms with van der Waals surface area (Å²) in [5.74, 6) is 0.985. The summed E-state index contributed by atoms with van der Waals surface area (Å²) in [5, 5.41) is 1.83. The lowest BCUT2D eigenvalue weighted by atomic mass is 10.0. The highest BCUT2D eigenvalue weighted by atomic mass is 79.9. The highest BCUT2D eigenvalue weighted by Crippen LogP contribution is 2.37. The molecule has 0 fully saturated rings. The van der Waals surface area contributed by atoms with Crippen molar-refractivity contribution < 1.29 is 0 Å². The van der Waals surface area contributed by atoms with Crippen molar-refractivity contribution in [1.82, 2.24) is 0 Å². The molecular formula is C19H20BrClS. The third-order valence-corrected chi connectivity index (χ3v) is 6.55. The van der Waals surface area contributed by atoms with E-state index in [-0.39, 0.29) is 0 Å². The maximum atomic E-state index is 6.50. The Balaban J connectivity index is 1.79. The predicted molar refractivity (Wildman–Crippen MR) is 101 cm³/mol. The number of hydrogen-bond acceptors (Lipinski definition) is 1. The Bertz CT molecular complexity index is 637. The molecule has 0 aliphatic heterocycles. The van der Waals surface area contributed by atoms with E-state index in [0.29, 0.717) is 0 Å². The summed E-state index contributed by atoms with van der Waals surface area (Å²) in [5.41, 5.74) is 5.70. The molecule has 1 aliphatic rings. The Hall–Kier alpha value is -0.440. The van der Waals surface area contributed by atoms with Gasteiger partial charge in [-0.2, -0.15) is 0 Å². The summed E-state index contributed by atoms with van der Waals surface area (Å²) < 4.78 is 0. The van der Waals surface area contributed by atoms with Crippen LogP contribution in [0.3, 0.4) is 0 Å². The van der Waals surface area contributed by atoms with Crippen LogP contribution in [0.2, 0.25) is 5.02 Å². The first-order valence-electron chi connectivity index (χ1n) is 7.85. The maximum Gasteiger partial charge on any atom is 0.0544 e. The van der Waals surface area contributed by atoms with Crippen molar-refractivity contribution in [1.29, 1.82) is 0 Å². The minimum atomic E-state index is 0.915. The van der Waals surface area contributed by atoms with Crippen molar-refractivity contribution in [2.24, 2.45) is 0 Å². The van der Waals surface area contributed by atoms with Crippen molar-refractivity contribution >= 4 is 39.3 Å². The molecule has 22 heavy (non-hydrogen) atoms. The van der Waals surface area contributed by atoms with Crippen LogP contribution in [0.15, 0.2) is 41.3 Å². The number of alkyl halides is 1. The first-order chi connectivity index (χ1) is 10.8. The van der Waals surface area contributed by atoms with Crippen LogP contribution in [-0.2, 0) is 23.9 Å². The van der Waals surface area contributed by atoms with Gasteiger partial charge in [-0.3, -0.25) is 0 Å². The van der Waals surface area contributed by atoms with Crippen LogP contribution < -0.4 is 0 Å². The zero-order chi connectivity index (χ0) is 15.4. The van der Waals surface area contributed by atoms with Gasteiger partial charge >= 0.3 is 0 Å². The predicted octanol–water partition coefficient (Wildman–Crippen LogP) is 6.80. The summed E-state index contributed by atoms with van der Waals surface area (Å²) in [4.78, 5) is 1.31. The van der Waals surface area contributed by atoms with Gasteiger partial charge in [0.25, 0.3) is 0 Å². The van der Waals surface area contributed by atoms with E-state index >= 15 is 0 Å². The number of hydrogen-bond donors (Lipinski definition) is 0. The zero-order valence-electron chi connectivity index (χ0n) is 12.6. The van der Waals surface area contributed by atoms with E-state index in [0.717, 1.165) is 16.1 Å². The molecule has 116 valence electrons. The molecule has 0 aromatic heterocycles. The third kappa shape index (κ3) is 3.90. The van der Waals surface area contributed by atoms with E-state index in [1.54, 1.807) is 0 Å². The minimum Gasteiger partial charge on any atom is -0.120 e. The second-order valence-electron chi connectivity index (χ2n) is 5.81.